The van der Waals surface area contributed by atoms with Gasteiger partial charge in [-0.1, -0.05) is 30.3 Å². The third-order valence-corrected chi connectivity index (χ3v) is 3.79. The number of benzene rings is 1. The number of hydrazone groups is 1. The van der Waals surface area contributed by atoms with Crippen molar-refractivity contribution in [1.82, 2.24) is 5.43 Å². The SMILES string of the molecule is CC(=NNC(=O)C1CC1c1ccccc1)c1ccc(C)o1. The molecule has 2 aromatic rings. The summed E-state index contributed by atoms with van der Waals surface area (Å²) in [5, 5.41) is 4.12. The molecule has 1 aliphatic rings. The zero-order valence-corrected chi connectivity index (χ0v) is 12.2. The highest BCUT2D eigenvalue weighted by molar-refractivity contribution is 5.97. The lowest BCUT2D eigenvalue weighted by molar-refractivity contribution is -0.122. The maximum atomic E-state index is 12.1. The summed E-state index contributed by atoms with van der Waals surface area (Å²) in [5.74, 6) is 1.85. The molecule has 2 atom stereocenters. The Labute approximate surface area is 123 Å². The molecular formula is C17H18N2O2. The third-order valence-electron chi connectivity index (χ3n) is 3.79. The molecular weight excluding hydrogens is 264 g/mol. The molecule has 0 aliphatic heterocycles. The summed E-state index contributed by atoms with van der Waals surface area (Å²) in [7, 11) is 0. The van der Waals surface area contributed by atoms with Gasteiger partial charge < -0.3 is 4.42 Å². The molecule has 0 bridgehead atoms. The lowest BCUT2D eigenvalue weighted by Crippen LogP contribution is -2.21. The van der Waals surface area contributed by atoms with E-state index in [1.807, 2.05) is 44.2 Å². The van der Waals surface area contributed by atoms with Crippen LogP contribution in [0.1, 0.15) is 36.3 Å². The smallest absolute Gasteiger partial charge is 0.243 e. The van der Waals surface area contributed by atoms with Crippen LogP contribution in [0, 0.1) is 12.8 Å². The minimum atomic E-state index is -0.0218. The fourth-order valence-electron chi connectivity index (χ4n) is 2.46. The molecule has 1 N–H and O–H groups in total. The molecule has 1 fully saturated rings. The second kappa shape index (κ2) is 5.56. The first-order valence-electron chi connectivity index (χ1n) is 7.11. The van der Waals surface area contributed by atoms with Crippen LogP contribution in [0.3, 0.4) is 0 Å². The lowest BCUT2D eigenvalue weighted by atomic mass is 10.1. The van der Waals surface area contributed by atoms with Gasteiger partial charge in [-0.2, -0.15) is 5.10 Å². The van der Waals surface area contributed by atoms with Gasteiger partial charge >= 0.3 is 0 Å². The van der Waals surface area contributed by atoms with Crippen LogP contribution in [0.25, 0.3) is 0 Å². The highest BCUT2D eigenvalue weighted by Crippen LogP contribution is 2.47. The van der Waals surface area contributed by atoms with Crippen LogP contribution in [0.2, 0.25) is 0 Å². The number of carbonyl (C=O) groups excluding carboxylic acids is 1. The molecule has 2 unspecified atom stereocenters. The predicted octanol–water partition coefficient (Wildman–Crippen LogP) is 3.23. The molecule has 4 heteroatoms. The molecule has 1 amide bonds. The molecule has 1 aromatic carbocycles. The fraction of sp³-hybridized carbons (Fsp3) is 0.294. The summed E-state index contributed by atoms with van der Waals surface area (Å²) in [4.78, 5) is 12.1. The van der Waals surface area contributed by atoms with Crippen molar-refractivity contribution >= 4 is 11.6 Å². The van der Waals surface area contributed by atoms with Crippen molar-refractivity contribution in [3.8, 4) is 0 Å². The number of furan rings is 1. The first-order valence-corrected chi connectivity index (χ1v) is 7.11. The van der Waals surface area contributed by atoms with Crippen LogP contribution >= 0.6 is 0 Å². The van der Waals surface area contributed by atoms with Crippen LogP contribution < -0.4 is 5.43 Å². The maximum Gasteiger partial charge on any atom is 0.243 e. The molecule has 1 aliphatic carbocycles. The number of nitrogens with zero attached hydrogens (tertiary/aromatic N) is 1. The van der Waals surface area contributed by atoms with E-state index in [2.05, 4.69) is 22.7 Å². The first kappa shape index (κ1) is 13.6. The van der Waals surface area contributed by atoms with Crippen LogP contribution in [-0.4, -0.2) is 11.6 Å². The second-order valence-electron chi connectivity index (χ2n) is 5.44. The van der Waals surface area contributed by atoms with Gasteiger partial charge in [0, 0.05) is 5.92 Å². The van der Waals surface area contributed by atoms with E-state index in [0.717, 1.165) is 12.2 Å². The number of nitrogens with one attached hydrogen (secondary N) is 1. The first-order chi connectivity index (χ1) is 10.1. The van der Waals surface area contributed by atoms with Crippen LogP contribution in [-0.2, 0) is 4.79 Å². The Kier molecular flexibility index (Phi) is 3.60. The normalized spacial score (nSPS) is 21.1. The Morgan fingerprint density at radius 2 is 2.00 bits per heavy atom. The number of rotatable bonds is 4. The molecule has 3 rings (SSSR count). The molecule has 1 aromatic heterocycles. The minimum Gasteiger partial charge on any atom is -0.460 e. The Balaban J connectivity index is 1.58. The van der Waals surface area contributed by atoms with Crippen molar-refractivity contribution in [1.29, 1.82) is 0 Å². The van der Waals surface area contributed by atoms with Gasteiger partial charge in [0.2, 0.25) is 5.91 Å². The van der Waals surface area contributed by atoms with Gasteiger partial charge in [-0.25, -0.2) is 5.43 Å². The van der Waals surface area contributed by atoms with Gasteiger partial charge in [-0.15, -0.1) is 0 Å². The standard InChI is InChI=1S/C17H18N2O2/c1-11-8-9-16(21-11)12(2)18-19-17(20)15-10-14(15)13-6-4-3-5-7-13/h3-9,14-15H,10H2,1-2H3,(H,19,20). The van der Waals surface area contributed by atoms with E-state index in [-0.39, 0.29) is 11.8 Å². The van der Waals surface area contributed by atoms with Gasteiger partial charge in [-0.3, -0.25) is 4.79 Å². The number of amides is 1. The van der Waals surface area contributed by atoms with Crippen molar-refractivity contribution < 1.29 is 9.21 Å². The zero-order chi connectivity index (χ0) is 14.8. The van der Waals surface area contributed by atoms with Crippen molar-refractivity contribution in [2.75, 3.05) is 0 Å². The Bertz CT molecular complexity index is 673. The summed E-state index contributed by atoms with van der Waals surface area (Å²) < 4.78 is 5.46. The predicted molar refractivity (Wildman–Crippen MR) is 81.1 cm³/mol. The van der Waals surface area contributed by atoms with E-state index < -0.39 is 0 Å². The van der Waals surface area contributed by atoms with E-state index in [9.17, 15) is 4.79 Å². The fourth-order valence-corrected chi connectivity index (χ4v) is 2.46. The summed E-state index contributed by atoms with van der Waals surface area (Å²) in [6, 6.07) is 13.9. The topological polar surface area (TPSA) is 54.6 Å². The summed E-state index contributed by atoms with van der Waals surface area (Å²) >= 11 is 0. The highest BCUT2D eigenvalue weighted by atomic mass is 16.3. The molecule has 1 saturated carbocycles. The van der Waals surface area contributed by atoms with Crippen molar-refractivity contribution in [2.45, 2.75) is 26.2 Å². The van der Waals surface area contributed by atoms with Gasteiger partial charge in [0.25, 0.3) is 0 Å². The molecule has 0 radical (unpaired) electrons. The average Bonchev–Trinajstić information content (AvgIpc) is 3.20. The van der Waals surface area contributed by atoms with E-state index in [1.54, 1.807) is 0 Å². The molecule has 108 valence electrons. The maximum absolute atomic E-state index is 12.1. The molecule has 0 spiro atoms. The minimum absolute atomic E-state index is 0.0218. The van der Waals surface area contributed by atoms with Crippen molar-refractivity contribution in [3.05, 3.63) is 59.5 Å². The van der Waals surface area contributed by atoms with Crippen LogP contribution in [0.4, 0.5) is 0 Å². The van der Waals surface area contributed by atoms with Gasteiger partial charge in [-0.05, 0) is 43.9 Å². The van der Waals surface area contributed by atoms with E-state index in [0.29, 0.717) is 17.4 Å². The molecule has 21 heavy (non-hydrogen) atoms. The quantitative estimate of drug-likeness (QED) is 0.691. The molecule has 1 heterocycles. The van der Waals surface area contributed by atoms with Gasteiger partial charge in [0.1, 0.15) is 17.2 Å². The van der Waals surface area contributed by atoms with Gasteiger partial charge in [0.05, 0.1) is 0 Å². The Morgan fingerprint density at radius 3 is 2.67 bits per heavy atom. The number of carbonyl (C=O) groups is 1. The summed E-state index contributed by atoms with van der Waals surface area (Å²) in [6.07, 6.45) is 0.893. The second-order valence-corrected chi connectivity index (χ2v) is 5.44. The van der Waals surface area contributed by atoms with Crippen LogP contribution in [0.15, 0.2) is 52.0 Å². The summed E-state index contributed by atoms with van der Waals surface area (Å²) in [5.41, 5.74) is 4.54. The summed E-state index contributed by atoms with van der Waals surface area (Å²) in [6.45, 7) is 3.70. The lowest BCUT2D eigenvalue weighted by Gasteiger charge is -2.01. The van der Waals surface area contributed by atoms with E-state index >= 15 is 0 Å². The van der Waals surface area contributed by atoms with Gasteiger partial charge in [0.15, 0.2) is 0 Å². The Hall–Kier alpha value is -2.36. The number of hydrogen-bond acceptors (Lipinski definition) is 3. The largest absolute Gasteiger partial charge is 0.460 e. The van der Waals surface area contributed by atoms with Crippen molar-refractivity contribution in [2.24, 2.45) is 11.0 Å². The number of hydrogen-bond donors (Lipinski definition) is 1. The zero-order valence-electron chi connectivity index (χ0n) is 12.2. The number of aryl methyl sites for hydroxylation is 1. The monoisotopic (exact) mass is 282 g/mol. The van der Waals surface area contributed by atoms with Crippen molar-refractivity contribution in [3.63, 3.8) is 0 Å². The average molecular weight is 282 g/mol. The highest BCUT2D eigenvalue weighted by Gasteiger charge is 2.43. The molecule has 4 nitrogen and oxygen atoms in total. The van der Waals surface area contributed by atoms with E-state index in [1.165, 1.54) is 5.56 Å². The Morgan fingerprint density at radius 1 is 1.24 bits per heavy atom. The van der Waals surface area contributed by atoms with E-state index in [4.69, 9.17) is 4.42 Å². The third kappa shape index (κ3) is 3.05. The van der Waals surface area contributed by atoms with Crippen LogP contribution in [0.5, 0.6) is 0 Å². The molecule has 0 saturated heterocycles.